The first-order valence-electron chi connectivity index (χ1n) is 9.62. The Kier molecular flexibility index (Phi) is 6.83. The molecule has 0 fully saturated rings. The van der Waals surface area contributed by atoms with Crippen molar-refractivity contribution >= 4 is 17.5 Å². The number of hydrogen-bond acceptors (Lipinski definition) is 2. The molecule has 0 saturated heterocycles. The molecule has 0 aliphatic rings. The third-order valence-corrected chi connectivity index (χ3v) is 5.33. The zero-order valence-corrected chi connectivity index (χ0v) is 17.1. The largest absolute Gasteiger partial charge is 0.339 e. The van der Waals surface area contributed by atoms with Gasteiger partial charge in [0.05, 0.1) is 5.02 Å². The molecule has 4 heteroatoms. The van der Waals surface area contributed by atoms with Crippen molar-refractivity contribution < 1.29 is 4.79 Å². The Labute approximate surface area is 172 Å². The number of amides is 1. The quantitative estimate of drug-likeness (QED) is 0.502. The Balaban J connectivity index is 1.76. The lowest BCUT2D eigenvalue weighted by Crippen LogP contribution is -2.37. The lowest BCUT2D eigenvalue weighted by molar-refractivity contribution is 0.0720. The molecule has 0 unspecified atom stereocenters. The first-order chi connectivity index (χ1) is 13.6. The van der Waals surface area contributed by atoms with Gasteiger partial charge in [-0.1, -0.05) is 67.1 Å². The number of aromatic nitrogens is 1. The Morgan fingerprint density at radius 3 is 2.43 bits per heavy atom. The lowest BCUT2D eigenvalue weighted by Gasteiger charge is -2.28. The summed E-state index contributed by atoms with van der Waals surface area (Å²) in [6.07, 6.45) is 4.24. The number of halogens is 1. The van der Waals surface area contributed by atoms with Gasteiger partial charge < -0.3 is 4.90 Å². The van der Waals surface area contributed by atoms with Crippen molar-refractivity contribution in [2.45, 2.75) is 32.2 Å². The fourth-order valence-electron chi connectivity index (χ4n) is 3.44. The van der Waals surface area contributed by atoms with Crippen molar-refractivity contribution in [3.8, 4) is 11.1 Å². The van der Waals surface area contributed by atoms with E-state index in [2.05, 4.69) is 11.9 Å². The van der Waals surface area contributed by atoms with E-state index in [0.717, 1.165) is 41.6 Å². The van der Waals surface area contributed by atoms with Crippen LogP contribution in [0.1, 0.15) is 35.8 Å². The average molecular weight is 393 g/mol. The summed E-state index contributed by atoms with van der Waals surface area (Å²) in [4.78, 5) is 19.5. The Morgan fingerprint density at radius 2 is 1.75 bits per heavy atom. The molecule has 0 aliphatic carbocycles. The number of carbonyl (C=O) groups is 1. The number of carbonyl (C=O) groups excluding carboxylic acids is 1. The van der Waals surface area contributed by atoms with E-state index in [1.807, 2.05) is 78.7 Å². The second-order valence-corrected chi connectivity index (χ2v) is 7.33. The summed E-state index contributed by atoms with van der Waals surface area (Å²) in [6, 6.07) is 21.8. The fraction of sp³-hybridized carbons (Fsp3) is 0.250. The highest BCUT2D eigenvalue weighted by atomic mass is 35.5. The summed E-state index contributed by atoms with van der Waals surface area (Å²) in [6.45, 7) is 2.12. The fourth-order valence-corrected chi connectivity index (χ4v) is 3.55. The molecule has 0 aliphatic heterocycles. The van der Waals surface area contributed by atoms with E-state index in [0.29, 0.717) is 5.02 Å². The summed E-state index contributed by atoms with van der Waals surface area (Å²) in [5.74, 6) is 0.0513. The molecule has 2 aromatic carbocycles. The van der Waals surface area contributed by atoms with E-state index in [1.165, 1.54) is 0 Å². The summed E-state index contributed by atoms with van der Waals surface area (Å²) in [5, 5.41) is 0.639. The number of hydrogen-bond donors (Lipinski definition) is 0. The molecule has 3 nitrogen and oxygen atoms in total. The molecule has 3 rings (SSSR count). The number of nitrogens with zero attached hydrogens (tertiary/aromatic N) is 2. The van der Waals surface area contributed by atoms with Gasteiger partial charge in [-0.15, -0.1) is 0 Å². The van der Waals surface area contributed by atoms with Gasteiger partial charge in [-0.25, -0.2) is 0 Å². The smallest absolute Gasteiger partial charge is 0.254 e. The number of pyridine rings is 1. The maximum Gasteiger partial charge on any atom is 0.254 e. The van der Waals surface area contributed by atoms with Crippen molar-refractivity contribution in [1.29, 1.82) is 0 Å². The van der Waals surface area contributed by atoms with Crippen LogP contribution in [-0.4, -0.2) is 28.9 Å². The molecule has 0 radical (unpaired) electrons. The molecule has 1 heterocycles. The standard InChI is InChI=1S/C24H25ClN2O/c1-3-21(16-15-20-14-13-19(25)17-26-20)27(2)24(28)23-12-8-7-11-22(23)18-9-5-4-6-10-18/h4-14,17,21H,3,15-16H2,1-2H3/t21-/m0/s1. The Hall–Kier alpha value is -2.65. The highest BCUT2D eigenvalue weighted by Gasteiger charge is 2.22. The van der Waals surface area contributed by atoms with Crippen LogP contribution < -0.4 is 0 Å². The first-order valence-corrected chi connectivity index (χ1v) is 10.00. The molecular weight excluding hydrogens is 368 g/mol. The predicted molar refractivity (Wildman–Crippen MR) is 116 cm³/mol. The third kappa shape index (κ3) is 4.79. The van der Waals surface area contributed by atoms with Gasteiger partial charge in [0.15, 0.2) is 0 Å². The molecule has 144 valence electrons. The van der Waals surface area contributed by atoms with Gasteiger partial charge in [0.25, 0.3) is 5.91 Å². The monoisotopic (exact) mass is 392 g/mol. The molecule has 28 heavy (non-hydrogen) atoms. The molecule has 0 bridgehead atoms. The van der Waals surface area contributed by atoms with Crippen LogP contribution in [0.5, 0.6) is 0 Å². The van der Waals surface area contributed by atoms with E-state index in [4.69, 9.17) is 11.6 Å². The molecule has 1 amide bonds. The molecular formula is C24H25ClN2O. The highest BCUT2D eigenvalue weighted by molar-refractivity contribution is 6.30. The average Bonchev–Trinajstić information content (AvgIpc) is 2.75. The van der Waals surface area contributed by atoms with Crippen LogP contribution in [0.15, 0.2) is 72.9 Å². The van der Waals surface area contributed by atoms with Crippen molar-refractivity contribution in [3.63, 3.8) is 0 Å². The normalized spacial score (nSPS) is 11.8. The zero-order valence-electron chi connectivity index (χ0n) is 16.3. The first kappa shape index (κ1) is 20.1. The number of benzene rings is 2. The molecule has 1 atom stereocenters. The summed E-state index contributed by atoms with van der Waals surface area (Å²) in [5.41, 5.74) is 3.75. The van der Waals surface area contributed by atoms with Crippen molar-refractivity contribution in [3.05, 3.63) is 89.2 Å². The summed E-state index contributed by atoms with van der Waals surface area (Å²) >= 11 is 5.91. The summed E-state index contributed by atoms with van der Waals surface area (Å²) < 4.78 is 0. The molecule has 0 N–H and O–H groups in total. The molecule has 1 aromatic heterocycles. The second kappa shape index (κ2) is 9.52. The van der Waals surface area contributed by atoms with E-state index in [1.54, 1.807) is 6.20 Å². The SMILES string of the molecule is CC[C@@H](CCc1ccc(Cl)cn1)N(C)C(=O)c1ccccc1-c1ccccc1. The van der Waals surface area contributed by atoms with Crippen LogP contribution >= 0.6 is 11.6 Å². The van der Waals surface area contributed by atoms with Gasteiger partial charge in [-0.2, -0.15) is 0 Å². The lowest BCUT2D eigenvalue weighted by atomic mass is 9.97. The van der Waals surface area contributed by atoms with Gasteiger partial charge in [-0.3, -0.25) is 9.78 Å². The van der Waals surface area contributed by atoms with E-state index < -0.39 is 0 Å². The van der Waals surface area contributed by atoms with Crippen molar-refractivity contribution in [2.75, 3.05) is 7.05 Å². The van der Waals surface area contributed by atoms with E-state index >= 15 is 0 Å². The van der Waals surface area contributed by atoms with Gasteiger partial charge in [0, 0.05) is 30.5 Å². The van der Waals surface area contributed by atoms with E-state index in [-0.39, 0.29) is 11.9 Å². The molecule has 3 aromatic rings. The summed E-state index contributed by atoms with van der Waals surface area (Å²) in [7, 11) is 1.90. The highest BCUT2D eigenvalue weighted by Crippen LogP contribution is 2.25. The maximum atomic E-state index is 13.3. The Bertz CT molecular complexity index is 909. The predicted octanol–water partition coefficient (Wildman–Crippen LogP) is 5.89. The van der Waals surface area contributed by atoms with Crippen LogP contribution in [-0.2, 0) is 6.42 Å². The maximum absolute atomic E-state index is 13.3. The van der Waals surface area contributed by atoms with Gasteiger partial charge >= 0.3 is 0 Å². The second-order valence-electron chi connectivity index (χ2n) is 6.90. The van der Waals surface area contributed by atoms with Crippen LogP contribution in [0.3, 0.4) is 0 Å². The van der Waals surface area contributed by atoms with Crippen LogP contribution in [0.2, 0.25) is 5.02 Å². The van der Waals surface area contributed by atoms with Crippen LogP contribution in [0.25, 0.3) is 11.1 Å². The van der Waals surface area contributed by atoms with E-state index in [9.17, 15) is 4.79 Å². The minimum Gasteiger partial charge on any atom is -0.339 e. The van der Waals surface area contributed by atoms with Gasteiger partial charge in [0.2, 0.25) is 0 Å². The Morgan fingerprint density at radius 1 is 1.04 bits per heavy atom. The van der Waals surface area contributed by atoms with Gasteiger partial charge in [0.1, 0.15) is 0 Å². The van der Waals surface area contributed by atoms with Crippen molar-refractivity contribution in [1.82, 2.24) is 9.88 Å². The topological polar surface area (TPSA) is 33.2 Å². The van der Waals surface area contributed by atoms with Crippen molar-refractivity contribution in [2.24, 2.45) is 0 Å². The number of rotatable bonds is 7. The zero-order chi connectivity index (χ0) is 19.9. The molecule has 0 spiro atoms. The van der Waals surface area contributed by atoms with Crippen LogP contribution in [0.4, 0.5) is 0 Å². The number of aryl methyl sites for hydroxylation is 1. The molecule has 0 saturated carbocycles. The third-order valence-electron chi connectivity index (χ3n) is 5.10. The van der Waals surface area contributed by atoms with Crippen LogP contribution in [0, 0.1) is 0 Å². The minimum absolute atomic E-state index is 0.0513. The van der Waals surface area contributed by atoms with Gasteiger partial charge in [-0.05, 0) is 48.6 Å². The minimum atomic E-state index is 0.0513.